The Morgan fingerprint density at radius 1 is 1.10 bits per heavy atom. The number of Topliss-reactive ketones (excluding diaryl/α,β-unsaturated/α-hetero) is 2. The molecule has 216 valence electrons. The molecule has 0 amide bonds. The van der Waals surface area contributed by atoms with E-state index in [9.17, 15) is 19.5 Å². The molecule has 1 saturated carbocycles. The van der Waals surface area contributed by atoms with Crippen molar-refractivity contribution in [3.8, 4) is 17.2 Å². The molecule has 3 heterocycles. The quantitative estimate of drug-likeness (QED) is 0.274. The molecular formula is C33H36O8. The van der Waals surface area contributed by atoms with Crippen LogP contribution in [0.5, 0.6) is 17.2 Å². The van der Waals surface area contributed by atoms with E-state index >= 15 is 0 Å². The van der Waals surface area contributed by atoms with Crippen molar-refractivity contribution in [1.82, 2.24) is 0 Å². The smallest absolute Gasteiger partial charge is 0.298 e. The Morgan fingerprint density at radius 2 is 1.83 bits per heavy atom. The summed E-state index contributed by atoms with van der Waals surface area (Å²) < 4.78 is 25.2. The van der Waals surface area contributed by atoms with Crippen molar-refractivity contribution in [2.45, 2.75) is 90.1 Å². The van der Waals surface area contributed by atoms with Crippen LogP contribution in [0.25, 0.3) is 6.08 Å². The number of hydrogen-bond donors (Lipinski definition) is 1. The first-order valence-electron chi connectivity index (χ1n) is 14.1. The van der Waals surface area contributed by atoms with E-state index in [1.165, 1.54) is 0 Å². The number of carbonyl (C=O) groups excluding carboxylic acids is 3. The Labute approximate surface area is 239 Å². The first kappa shape index (κ1) is 27.5. The molecule has 2 fully saturated rings. The molecule has 1 N–H and O–H groups in total. The number of fused-ring (bicyclic) bond motifs is 2. The van der Waals surface area contributed by atoms with E-state index < -0.39 is 28.3 Å². The zero-order chi connectivity index (χ0) is 29.7. The molecule has 4 bridgehead atoms. The number of hydrogen-bond acceptors (Lipinski definition) is 8. The summed E-state index contributed by atoms with van der Waals surface area (Å²) in [5.41, 5.74) is -1.89. The highest BCUT2D eigenvalue weighted by Gasteiger charge is 2.81. The van der Waals surface area contributed by atoms with Crippen LogP contribution in [0.2, 0.25) is 0 Å². The van der Waals surface area contributed by atoms with Crippen LogP contribution in [0, 0.1) is 11.8 Å². The van der Waals surface area contributed by atoms with Crippen LogP contribution >= 0.6 is 0 Å². The fourth-order valence-corrected chi connectivity index (χ4v) is 7.47. The number of phenolic OH excluding ortho intramolecular Hbond substituents is 1. The van der Waals surface area contributed by atoms with Crippen LogP contribution in [0.1, 0.15) is 82.8 Å². The Balaban J connectivity index is 1.64. The van der Waals surface area contributed by atoms with E-state index in [-0.39, 0.29) is 41.0 Å². The summed E-state index contributed by atoms with van der Waals surface area (Å²) in [6.07, 6.45) is 9.94. The van der Waals surface area contributed by atoms with Crippen molar-refractivity contribution in [2.24, 2.45) is 11.8 Å². The van der Waals surface area contributed by atoms with Gasteiger partial charge in [-0.25, -0.2) is 0 Å². The highest BCUT2D eigenvalue weighted by Crippen LogP contribution is 2.68. The fraction of sp³-hybridized carbons (Fsp3) is 0.485. The van der Waals surface area contributed by atoms with E-state index in [1.54, 1.807) is 25.2 Å². The largest absolute Gasteiger partial charge is 0.506 e. The average Bonchev–Trinajstić information content (AvgIpc) is 3.04. The third-order valence-electron chi connectivity index (χ3n) is 9.25. The van der Waals surface area contributed by atoms with Gasteiger partial charge in [-0.1, -0.05) is 17.7 Å². The van der Waals surface area contributed by atoms with Gasteiger partial charge < -0.3 is 24.1 Å². The van der Waals surface area contributed by atoms with Crippen molar-refractivity contribution in [3.63, 3.8) is 0 Å². The van der Waals surface area contributed by atoms with E-state index in [4.69, 9.17) is 18.9 Å². The zero-order valence-electron chi connectivity index (χ0n) is 24.5. The van der Waals surface area contributed by atoms with Crippen LogP contribution in [0.15, 0.2) is 41.2 Å². The molecule has 1 spiro atoms. The molecule has 0 radical (unpaired) electrons. The predicted molar refractivity (Wildman–Crippen MR) is 151 cm³/mol. The molecule has 3 aliphatic carbocycles. The second-order valence-corrected chi connectivity index (χ2v) is 13.1. The number of benzene rings is 1. The number of allylic oxidation sites excluding steroid dienone is 4. The van der Waals surface area contributed by atoms with E-state index in [1.807, 2.05) is 53.7 Å². The maximum atomic E-state index is 14.5. The van der Waals surface area contributed by atoms with Crippen LogP contribution < -0.4 is 9.47 Å². The van der Waals surface area contributed by atoms with Crippen molar-refractivity contribution in [2.75, 3.05) is 0 Å². The second kappa shape index (κ2) is 8.68. The Hall–Kier alpha value is -3.65. The van der Waals surface area contributed by atoms with Gasteiger partial charge in [-0.3, -0.25) is 14.4 Å². The van der Waals surface area contributed by atoms with Gasteiger partial charge in [-0.2, -0.15) is 0 Å². The Kier molecular flexibility index (Phi) is 5.82. The van der Waals surface area contributed by atoms with Gasteiger partial charge in [0.15, 0.2) is 22.8 Å². The van der Waals surface area contributed by atoms with Crippen LogP contribution in [0.4, 0.5) is 0 Å². The highest BCUT2D eigenvalue weighted by atomic mass is 16.6. The van der Waals surface area contributed by atoms with E-state index in [0.29, 0.717) is 47.5 Å². The number of carbonyl (C=O) groups is 3. The summed E-state index contributed by atoms with van der Waals surface area (Å²) in [5, 5.41) is 11.6. The van der Waals surface area contributed by atoms with Crippen molar-refractivity contribution in [1.29, 1.82) is 0 Å². The fourth-order valence-electron chi connectivity index (χ4n) is 7.47. The van der Waals surface area contributed by atoms with Gasteiger partial charge in [0.1, 0.15) is 34.2 Å². The molecule has 0 aromatic heterocycles. The number of phenols is 1. The normalized spacial score (nSPS) is 31.3. The third kappa shape index (κ3) is 3.59. The monoisotopic (exact) mass is 560 g/mol. The Morgan fingerprint density at radius 3 is 2.51 bits per heavy atom. The number of ketones is 2. The summed E-state index contributed by atoms with van der Waals surface area (Å²) in [7, 11) is 0. The molecule has 1 aromatic carbocycles. The van der Waals surface area contributed by atoms with Gasteiger partial charge in [0.05, 0.1) is 11.2 Å². The molecule has 4 atom stereocenters. The van der Waals surface area contributed by atoms with Gasteiger partial charge in [0.2, 0.25) is 0 Å². The maximum Gasteiger partial charge on any atom is 0.298 e. The molecule has 8 nitrogen and oxygen atoms in total. The number of ether oxygens (including phenoxy) is 4. The minimum absolute atomic E-state index is 0.0500. The first-order chi connectivity index (χ1) is 19.2. The molecule has 1 unspecified atom stereocenters. The van der Waals surface area contributed by atoms with E-state index in [2.05, 4.69) is 0 Å². The van der Waals surface area contributed by atoms with Gasteiger partial charge in [0.25, 0.3) is 6.47 Å². The minimum Gasteiger partial charge on any atom is -0.506 e. The van der Waals surface area contributed by atoms with Gasteiger partial charge in [-0.15, -0.1) is 0 Å². The minimum atomic E-state index is -1.53. The lowest BCUT2D eigenvalue weighted by molar-refractivity contribution is -0.171. The van der Waals surface area contributed by atoms with Crippen LogP contribution in [-0.2, 0) is 25.5 Å². The summed E-state index contributed by atoms with van der Waals surface area (Å²) in [4.78, 5) is 39.7. The topological polar surface area (TPSA) is 108 Å². The second-order valence-electron chi connectivity index (χ2n) is 13.1. The first-order valence-corrected chi connectivity index (χ1v) is 14.1. The van der Waals surface area contributed by atoms with Gasteiger partial charge >= 0.3 is 0 Å². The molecule has 7 rings (SSSR count). The lowest BCUT2D eigenvalue weighted by atomic mass is 9.51. The summed E-state index contributed by atoms with van der Waals surface area (Å²) in [6, 6.07) is 0. The van der Waals surface area contributed by atoms with Gasteiger partial charge in [0, 0.05) is 29.4 Å². The maximum absolute atomic E-state index is 14.5. The number of rotatable bonds is 6. The average molecular weight is 561 g/mol. The summed E-state index contributed by atoms with van der Waals surface area (Å²) in [5.74, 6) is -0.617. The molecule has 3 aliphatic heterocycles. The van der Waals surface area contributed by atoms with Crippen molar-refractivity contribution < 1.29 is 38.4 Å². The molecule has 1 saturated heterocycles. The SMILES string of the molecule is CC(C)=CCc1c2c(c(O)c3c1O[C@]14C(=C[C@@H]5CC1C(C)(C)O[C@]4(C/C=C(/C)OC=O)C5=O)C3=O)C=CC(C)(C)O2. The van der Waals surface area contributed by atoms with Crippen LogP contribution in [-0.4, -0.2) is 45.5 Å². The molecule has 1 aromatic rings. The standard InChI is InChI=1S/C33H36O8/c1-17(2)8-9-21-27-20(11-12-30(4,5)39-27)25(35)24-26(36)22-14-19-15-23-31(6,7)41-32(29(19)37,13-10-18(3)38-16-34)33(22,23)40-28(21)24/h8,10-12,14,16,19,23,35H,9,13,15H2,1-7H3/b18-10-/t19-,23?,32-,33-/m1/s1. The van der Waals surface area contributed by atoms with Crippen molar-refractivity contribution >= 4 is 24.1 Å². The lowest BCUT2D eigenvalue weighted by Gasteiger charge is -2.56. The molecule has 41 heavy (non-hydrogen) atoms. The lowest BCUT2D eigenvalue weighted by Crippen LogP contribution is -2.72. The molecule has 6 aliphatic rings. The van der Waals surface area contributed by atoms with Crippen molar-refractivity contribution in [3.05, 3.63) is 57.9 Å². The molecular weight excluding hydrogens is 524 g/mol. The van der Waals surface area contributed by atoms with E-state index in [0.717, 1.165) is 5.57 Å². The Bertz CT molecular complexity index is 1530. The summed E-state index contributed by atoms with van der Waals surface area (Å²) in [6.45, 7) is 13.6. The van der Waals surface area contributed by atoms with Gasteiger partial charge in [-0.05, 0) is 79.5 Å². The van der Waals surface area contributed by atoms with Crippen LogP contribution in [0.3, 0.4) is 0 Å². The summed E-state index contributed by atoms with van der Waals surface area (Å²) >= 11 is 0. The zero-order valence-corrected chi connectivity index (χ0v) is 24.5. The molecule has 8 heteroatoms. The number of aromatic hydroxyl groups is 1. The highest BCUT2D eigenvalue weighted by molar-refractivity contribution is 6.19. The third-order valence-corrected chi connectivity index (χ3v) is 9.25. The predicted octanol–water partition coefficient (Wildman–Crippen LogP) is 5.56.